The van der Waals surface area contributed by atoms with E-state index in [1.54, 1.807) is 6.20 Å². The summed E-state index contributed by atoms with van der Waals surface area (Å²) < 4.78 is 10.1. The highest BCUT2D eigenvalue weighted by Gasteiger charge is 2.08. The number of fused-ring (bicyclic) bond motifs is 1. The molecule has 3 nitrogen and oxygen atoms in total. The van der Waals surface area contributed by atoms with Gasteiger partial charge in [0.25, 0.3) is 0 Å². The number of aromatic nitrogens is 1. The Kier molecular flexibility index (Phi) is 1.29. The van der Waals surface area contributed by atoms with Gasteiger partial charge >= 0.3 is 0 Å². The van der Waals surface area contributed by atoms with Gasteiger partial charge in [-0.1, -0.05) is 0 Å². The number of rotatable bonds is 0. The first kappa shape index (κ1) is 5.68. The highest BCUT2D eigenvalue weighted by molar-refractivity contribution is 5.26. The molecule has 2 heterocycles. The van der Waals surface area contributed by atoms with E-state index < -0.39 is 0 Å². The molecule has 0 unspecified atom stereocenters. The predicted molar refractivity (Wildman–Crippen MR) is 34.5 cm³/mol. The van der Waals surface area contributed by atoms with Crippen LogP contribution in [-0.2, 0) is 11.3 Å². The van der Waals surface area contributed by atoms with Crippen molar-refractivity contribution >= 4 is 0 Å². The van der Waals surface area contributed by atoms with Crippen LogP contribution in [0, 0.1) is 0 Å². The summed E-state index contributed by atoms with van der Waals surface area (Å²) in [5, 5.41) is 0. The molecule has 0 fully saturated rings. The lowest BCUT2D eigenvalue weighted by molar-refractivity contribution is -0.0188. The Morgan fingerprint density at radius 3 is 3.40 bits per heavy atom. The summed E-state index contributed by atoms with van der Waals surface area (Å²) in [6.45, 7) is 0.912. The van der Waals surface area contributed by atoms with Crippen LogP contribution in [0.4, 0.5) is 0 Å². The molecule has 3 heteroatoms. The number of ether oxygens (including phenoxy) is 2. The molecule has 1 aromatic heterocycles. The summed E-state index contributed by atoms with van der Waals surface area (Å²) in [7, 11) is 0. The topological polar surface area (TPSA) is 31.4 Å². The lowest BCUT2D eigenvalue weighted by atomic mass is 10.3. The minimum Gasteiger partial charge on any atom is -0.466 e. The smallest absolute Gasteiger partial charge is 0.189 e. The number of hydrogen-bond acceptors (Lipinski definition) is 3. The van der Waals surface area contributed by atoms with Crippen LogP contribution in [0.15, 0.2) is 18.3 Å². The molecule has 1 aliphatic rings. The van der Waals surface area contributed by atoms with E-state index in [0.717, 1.165) is 11.4 Å². The van der Waals surface area contributed by atoms with Crippen LogP contribution in [-0.4, -0.2) is 11.8 Å². The predicted octanol–water partition coefficient (Wildman–Crippen LogP) is 0.948. The van der Waals surface area contributed by atoms with E-state index in [0.29, 0.717) is 13.4 Å². The van der Waals surface area contributed by atoms with Gasteiger partial charge in [-0.3, -0.25) is 4.98 Å². The second kappa shape index (κ2) is 2.27. The molecule has 0 saturated heterocycles. The van der Waals surface area contributed by atoms with E-state index in [4.69, 9.17) is 9.47 Å². The molecule has 2 rings (SSSR count). The van der Waals surface area contributed by atoms with Crippen molar-refractivity contribution in [2.75, 3.05) is 6.79 Å². The molecule has 1 aliphatic heterocycles. The molecule has 0 aromatic carbocycles. The first-order valence-electron chi connectivity index (χ1n) is 3.11. The quantitative estimate of drug-likeness (QED) is 0.533. The fourth-order valence-corrected chi connectivity index (χ4v) is 0.907. The van der Waals surface area contributed by atoms with Gasteiger partial charge in [0.05, 0.1) is 6.61 Å². The molecule has 52 valence electrons. The minimum atomic E-state index is 0.346. The van der Waals surface area contributed by atoms with Crippen LogP contribution in [0.5, 0.6) is 5.75 Å². The Morgan fingerprint density at radius 2 is 2.50 bits per heavy atom. The summed E-state index contributed by atoms with van der Waals surface area (Å²) in [5.41, 5.74) is 0.883. The molecule has 10 heavy (non-hydrogen) atoms. The van der Waals surface area contributed by atoms with Crippen molar-refractivity contribution < 1.29 is 9.47 Å². The van der Waals surface area contributed by atoms with E-state index in [2.05, 4.69) is 4.98 Å². The third kappa shape index (κ3) is 0.844. The van der Waals surface area contributed by atoms with Gasteiger partial charge in [-0.05, 0) is 12.1 Å². The van der Waals surface area contributed by atoms with E-state index in [1.807, 2.05) is 12.1 Å². The molecule has 0 saturated carbocycles. The number of hydrogen-bond donors (Lipinski definition) is 0. The van der Waals surface area contributed by atoms with Gasteiger partial charge in [0, 0.05) is 6.20 Å². The lowest BCUT2D eigenvalue weighted by Crippen LogP contribution is -2.12. The highest BCUT2D eigenvalue weighted by atomic mass is 16.7. The van der Waals surface area contributed by atoms with Crippen molar-refractivity contribution in [2.45, 2.75) is 6.61 Å². The van der Waals surface area contributed by atoms with Crippen LogP contribution < -0.4 is 4.74 Å². The zero-order valence-corrected chi connectivity index (χ0v) is 5.41. The Bertz CT molecular complexity index is 212. The van der Waals surface area contributed by atoms with E-state index in [1.165, 1.54) is 0 Å². The van der Waals surface area contributed by atoms with Gasteiger partial charge in [0.15, 0.2) is 6.79 Å². The van der Waals surface area contributed by atoms with Crippen LogP contribution in [0.2, 0.25) is 0 Å². The Balaban J connectivity index is 2.41. The van der Waals surface area contributed by atoms with Crippen LogP contribution >= 0.6 is 0 Å². The highest BCUT2D eigenvalue weighted by Crippen LogP contribution is 2.19. The molecule has 0 bridgehead atoms. The first-order valence-corrected chi connectivity index (χ1v) is 3.11. The van der Waals surface area contributed by atoms with Crippen molar-refractivity contribution in [3.05, 3.63) is 24.0 Å². The standard InChI is InChI=1S/C7H7NO2/c1-2-7-6(8-3-1)4-9-5-10-7/h1-3H,4-5H2. The van der Waals surface area contributed by atoms with E-state index in [9.17, 15) is 0 Å². The second-order valence-electron chi connectivity index (χ2n) is 2.06. The summed E-state index contributed by atoms with van der Waals surface area (Å²) in [6, 6.07) is 3.75. The van der Waals surface area contributed by atoms with Gasteiger partial charge in [-0.15, -0.1) is 0 Å². The average molecular weight is 137 g/mol. The molecule has 0 aliphatic carbocycles. The number of nitrogens with zero attached hydrogens (tertiary/aromatic N) is 1. The minimum absolute atomic E-state index is 0.346. The van der Waals surface area contributed by atoms with Crippen LogP contribution in [0.3, 0.4) is 0 Å². The van der Waals surface area contributed by atoms with Gasteiger partial charge in [-0.2, -0.15) is 0 Å². The summed E-state index contributed by atoms with van der Waals surface area (Å²) in [4.78, 5) is 4.07. The van der Waals surface area contributed by atoms with Crippen LogP contribution in [0.25, 0.3) is 0 Å². The maximum absolute atomic E-state index is 5.14. The zero-order valence-electron chi connectivity index (χ0n) is 5.41. The number of pyridine rings is 1. The third-order valence-electron chi connectivity index (χ3n) is 1.39. The Labute approximate surface area is 58.6 Å². The molecule has 1 aromatic rings. The van der Waals surface area contributed by atoms with E-state index in [-0.39, 0.29) is 0 Å². The molecule has 0 atom stereocenters. The van der Waals surface area contributed by atoms with Crippen molar-refractivity contribution in [1.29, 1.82) is 0 Å². The third-order valence-corrected chi connectivity index (χ3v) is 1.39. The Hall–Kier alpha value is -1.09. The van der Waals surface area contributed by atoms with Crippen molar-refractivity contribution in [3.8, 4) is 5.75 Å². The SMILES string of the molecule is c1cnc2c(c1)OCOC2. The average Bonchev–Trinajstić information content (AvgIpc) is 2.05. The van der Waals surface area contributed by atoms with Gasteiger partial charge in [0.2, 0.25) is 0 Å². The fraction of sp³-hybridized carbons (Fsp3) is 0.286. The molecule has 0 spiro atoms. The molecular formula is C7H7NO2. The molecule has 0 N–H and O–H groups in total. The Morgan fingerprint density at radius 1 is 1.50 bits per heavy atom. The summed E-state index contributed by atoms with van der Waals surface area (Å²) in [6.07, 6.45) is 1.73. The maximum atomic E-state index is 5.14. The summed E-state index contributed by atoms with van der Waals surface area (Å²) >= 11 is 0. The van der Waals surface area contributed by atoms with Gasteiger partial charge in [0.1, 0.15) is 11.4 Å². The summed E-state index contributed by atoms with van der Waals surface area (Å²) in [5.74, 6) is 0.841. The van der Waals surface area contributed by atoms with E-state index >= 15 is 0 Å². The molecule has 0 radical (unpaired) electrons. The van der Waals surface area contributed by atoms with Crippen molar-refractivity contribution in [1.82, 2.24) is 4.98 Å². The maximum Gasteiger partial charge on any atom is 0.189 e. The van der Waals surface area contributed by atoms with Crippen molar-refractivity contribution in [2.24, 2.45) is 0 Å². The fourth-order valence-electron chi connectivity index (χ4n) is 0.907. The normalized spacial score (nSPS) is 15.6. The largest absolute Gasteiger partial charge is 0.466 e. The monoisotopic (exact) mass is 137 g/mol. The molecule has 0 amide bonds. The zero-order chi connectivity index (χ0) is 6.81. The molecular weight excluding hydrogens is 130 g/mol. The van der Waals surface area contributed by atoms with Gasteiger partial charge in [-0.25, -0.2) is 0 Å². The first-order chi connectivity index (χ1) is 4.97. The van der Waals surface area contributed by atoms with Gasteiger partial charge < -0.3 is 9.47 Å². The lowest BCUT2D eigenvalue weighted by Gasteiger charge is -2.15. The second-order valence-corrected chi connectivity index (χ2v) is 2.06. The van der Waals surface area contributed by atoms with Crippen molar-refractivity contribution in [3.63, 3.8) is 0 Å². The van der Waals surface area contributed by atoms with Crippen LogP contribution in [0.1, 0.15) is 5.69 Å².